The van der Waals surface area contributed by atoms with Crippen molar-refractivity contribution in [3.8, 4) is 0 Å². The van der Waals surface area contributed by atoms with E-state index in [4.69, 9.17) is 0 Å². The first kappa shape index (κ1) is 16.1. The van der Waals surface area contributed by atoms with Crippen molar-refractivity contribution in [3.63, 3.8) is 0 Å². The number of hydrogen-bond acceptors (Lipinski definition) is 3. The molecule has 1 rings (SSSR count). The SMILES string of the molecule is CCCNC(CCS(C)(=O)=O)Cc1ccccc1F. The highest BCUT2D eigenvalue weighted by Crippen LogP contribution is 2.11. The molecule has 0 amide bonds. The molecule has 1 aromatic carbocycles. The van der Waals surface area contributed by atoms with Gasteiger partial charge >= 0.3 is 0 Å². The van der Waals surface area contributed by atoms with E-state index < -0.39 is 9.84 Å². The van der Waals surface area contributed by atoms with Crippen LogP contribution in [-0.4, -0.2) is 33.0 Å². The van der Waals surface area contributed by atoms with Gasteiger partial charge in [-0.15, -0.1) is 0 Å². The molecular weight excluding hydrogens is 265 g/mol. The number of hydrogen-bond donors (Lipinski definition) is 1. The molecule has 5 heteroatoms. The summed E-state index contributed by atoms with van der Waals surface area (Å²) in [5.74, 6) is -0.104. The van der Waals surface area contributed by atoms with E-state index in [0.717, 1.165) is 13.0 Å². The summed E-state index contributed by atoms with van der Waals surface area (Å²) < 4.78 is 36.1. The Morgan fingerprint density at radius 2 is 2.00 bits per heavy atom. The number of benzene rings is 1. The van der Waals surface area contributed by atoms with Crippen LogP contribution in [0, 0.1) is 5.82 Å². The predicted molar refractivity (Wildman–Crippen MR) is 76.5 cm³/mol. The fourth-order valence-corrected chi connectivity index (χ4v) is 2.62. The van der Waals surface area contributed by atoms with Gasteiger partial charge in [-0.1, -0.05) is 25.1 Å². The molecule has 0 radical (unpaired) electrons. The summed E-state index contributed by atoms with van der Waals surface area (Å²) >= 11 is 0. The molecular formula is C14H22FNO2S. The molecule has 0 fully saturated rings. The Labute approximate surface area is 115 Å². The smallest absolute Gasteiger partial charge is 0.147 e. The van der Waals surface area contributed by atoms with Crippen molar-refractivity contribution in [1.82, 2.24) is 5.32 Å². The zero-order chi connectivity index (χ0) is 14.3. The second kappa shape index (κ2) is 7.60. The third kappa shape index (κ3) is 6.68. The van der Waals surface area contributed by atoms with E-state index in [1.165, 1.54) is 12.3 Å². The van der Waals surface area contributed by atoms with Crippen LogP contribution in [0.25, 0.3) is 0 Å². The van der Waals surface area contributed by atoms with Gasteiger partial charge in [0.25, 0.3) is 0 Å². The van der Waals surface area contributed by atoms with E-state index >= 15 is 0 Å². The molecule has 0 bridgehead atoms. The number of sulfone groups is 1. The highest BCUT2D eigenvalue weighted by molar-refractivity contribution is 7.90. The van der Waals surface area contributed by atoms with Crippen molar-refractivity contribution in [1.29, 1.82) is 0 Å². The molecule has 0 saturated heterocycles. The Hall–Kier alpha value is -0.940. The van der Waals surface area contributed by atoms with Crippen molar-refractivity contribution in [2.24, 2.45) is 0 Å². The third-order valence-electron chi connectivity index (χ3n) is 2.94. The van der Waals surface area contributed by atoms with E-state index in [1.807, 2.05) is 6.92 Å². The average molecular weight is 287 g/mol. The second-order valence-corrected chi connectivity index (χ2v) is 7.12. The zero-order valence-corrected chi connectivity index (χ0v) is 12.3. The summed E-state index contributed by atoms with van der Waals surface area (Å²) in [4.78, 5) is 0. The monoisotopic (exact) mass is 287 g/mol. The Kier molecular flexibility index (Phi) is 6.45. The van der Waals surface area contributed by atoms with Gasteiger partial charge in [0.05, 0.1) is 5.75 Å². The fraction of sp³-hybridized carbons (Fsp3) is 0.571. The van der Waals surface area contributed by atoms with Crippen molar-refractivity contribution in [2.75, 3.05) is 18.6 Å². The zero-order valence-electron chi connectivity index (χ0n) is 11.5. The molecule has 1 atom stereocenters. The molecule has 0 saturated carbocycles. The average Bonchev–Trinajstić information content (AvgIpc) is 2.34. The lowest BCUT2D eigenvalue weighted by molar-refractivity contribution is 0.481. The molecule has 1 unspecified atom stereocenters. The third-order valence-corrected chi connectivity index (χ3v) is 3.92. The lowest BCUT2D eigenvalue weighted by Gasteiger charge is -2.18. The Morgan fingerprint density at radius 1 is 1.32 bits per heavy atom. The summed E-state index contributed by atoms with van der Waals surface area (Å²) in [6, 6.07) is 6.63. The Bertz CT molecular complexity index is 488. The first-order valence-corrected chi connectivity index (χ1v) is 8.63. The van der Waals surface area contributed by atoms with Crippen LogP contribution in [0.2, 0.25) is 0 Å². The molecule has 1 aromatic rings. The molecule has 0 aliphatic carbocycles. The van der Waals surface area contributed by atoms with Crippen LogP contribution >= 0.6 is 0 Å². The van der Waals surface area contributed by atoms with Crippen LogP contribution in [0.3, 0.4) is 0 Å². The maximum Gasteiger partial charge on any atom is 0.147 e. The highest BCUT2D eigenvalue weighted by atomic mass is 32.2. The van der Waals surface area contributed by atoms with Crippen LogP contribution in [0.5, 0.6) is 0 Å². The van der Waals surface area contributed by atoms with Crippen LogP contribution < -0.4 is 5.32 Å². The number of nitrogens with one attached hydrogen (secondary N) is 1. The minimum atomic E-state index is -2.98. The van der Waals surface area contributed by atoms with Crippen molar-refractivity contribution >= 4 is 9.84 Å². The summed E-state index contributed by atoms with van der Waals surface area (Å²) in [5.41, 5.74) is 0.629. The second-order valence-electron chi connectivity index (χ2n) is 4.87. The largest absolute Gasteiger partial charge is 0.314 e. The van der Waals surface area contributed by atoms with Crippen molar-refractivity contribution in [3.05, 3.63) is 35.6 Å². The van der Waals surface area contributed by atoms with Gasteiger partial charge in [-0.3, -0.25) is 0 Å². The van der Waals surface area contributed by atoms with E-state index in [-0.39, 0.29) is 17.6 Å². The summed E-state index contributed by atoms with van der Waals surface area (Å²) in [6.07, 6.45) is 3.22. The first-order valence-electron chi connectivity index (χ1n) is 6.57. The predicted octanol–water partition coefficient (Wildman–Crippen LogP) is 2.17. The maximum absolute atomic E-state index is 13.6. The van der Waals surface area contributed by atoms with Crippen LogP contribution in [0.4, 0.5) is 4.39 Å². The number of halogens is 1. The minimum Gasteiger partial charge on any atom is -0.314 e. The molecule has 0 aliphatic rings. The van der Waals surface area contributed by atoms with Crippen molar-refractivity contribution < 1.29 is 12.8 Å². The van der Waals surface area contributed by atoms with Crippen LogP contribution in [0.15, 0.2) is 24.3 Å². The van der Waals surface area contributed by atoms with E-state index in [9.17, 15) is 12.8 Å². The molecule has 19 heavy (non-hydrogen) atoms. The Morgan fingerprint density at radius 3 is 2.58 bits per heavy atom. The normalized spacial score (nSPS) is 13.4. The van der Waals surface area contributed by atoms with Gasteiger partial charge in [0.1, 0.15) is 15.7 Å². The maximum atomic E-state index is 13.6. The van der Waals surface area contributed by atoms with Crippen molar-refractivity contribution in [2.45, 2.75) is 32.2 Å². The lowest BCUT2D eigenvalue weighted by atomic mass is 10.0. The topological polar surface area (TPSA) is 46.2 Å². The molecule has 0 aliphatic heterocycles. The summed E-state index contributed by atoms with van der Waals surface area (Å²) in [6.45, 7) is 2.85. The van der Waals surface area contributed by atoms with Gasteiger partial charge in [0.2, 0.25) is 0 Å². The molecule has 108 valence electrons. The quantitative estimate of drug-likeness (QED) is 0.797. The minimum absolute atomic E-state index is 0.00780. The molecule has 0 spiro atoms. The standard InChI is InChI=1S/C14H22FNO2S/c1-3-9-16-13(8-10-19(2,17)18)11-12-6-4-5-7-14(12)15/h4-7,13,16H,3,8-11H2,1-2H3. The molecule has 0 heterocycles. The summed E-state index contributed by atoms with van der Waals surface area (Å²) in [7, 11) is -2.98. The van der Waals surface area contributed by atoms with E-state index in [2.05, 4.69) is 5.32 Å². The van der Waals surface area contributed by atoms with Gasteiger partial charge in [-0.05, 0) is 37.4 Å². The summed E-state index contributed by atoms with van der Waals surface area (Å²) in [5, 5.41) is 3.29. The lowest BCUT2D eigenvalue weighted by Crippen LogP contribution is -2.33. The van der Waals surface area contributed by atoms with E-state index in [1.54, 1.807) is 18.2 Å². The molecule has 1 N–H and O–H groups in total. The van der Waals surface area contributed by atoms with Crippen LogP contribution in [-0.2, 0) is 16.3 Å². The molecule has 0 aromatic heterocycles. The van der Waals surface area contributed by atoms with Gasteiger partial charge < -0.3 is 5.32 Å². The fourth-order valence-electron chi connectivity index (χ4n) is 1.91. The Balaban J connectivity index is 2.66. The molecule has 3 nitrogen and oxygen atoms in total. The first-order chi connectivity index (χ1) is 8.92. The highest BCUT2D eigenvalue weighted by Gasteiger charge is 2.14. The van der Waals surface area contributed by atoms with Gasteiger partial charge in [0, 0.05) is 12.3 Å². The van der Waals surface area contributed by atoms with Gasteiger partial charge in [0.15, 0.2) is 0 Å². The van der Waals surface area contributed by atoms with Gasteiger partial charge in [-0.2, -0.15) is 0 Å². The van der Waals surface area contributed by atoms with Gasteiger partial charge in [-0.25, -0.2) is 12.8 Å². The van der Waals surface area contributed by atoms with Crippen LogP contribution in [0.1, 0.15) is 25.3 Å². The number of rotatable bonds is 8. The van der Waals surface area contributed by atoms with E-state index in [0.29, 0.717) is 18.4 Å².